The summed E-state index contributed by atoms with van der Waals surface area (Å²) in [5, 5.41) is 13.3. The van der Waals surface area contributed by atoms with E-state index in [4.69, 9.17) is 0 Å². The van der Waals surface area contributed by atoms with E-state index in [1.807, 2.05) is 31.1 Å². The summed E-state index contributed by atoms with van der Waals surface area (Å²) in [6, 6.07) is 12.5. The second-order valence-electron chi connectivity index (χ2n) is 6.27. The van der Waals surface area contributed by atoms with Gasteiger partial charge in [0.15, 0.2) is 0 Å². The molecule has 2 aromatic carbocycles. The molecule has 0 aliphatic heterocycles. The summed E-state index contributed by atoms with van der Waals surface area (Å²) in [7, 11) is 3.78. The first-order valence-corrected chi connectivity index (χ1v) is 8.00. The van der Waals surface area contributed by atoms with E-state index in [0.29, 0.717) is 19.5 Å². The third-order valence-electron chi connectivity index (χ3n) is 3.76. The molecular formula is C19H24F2N2O. The van der Waals surface area contributed by atoms with Gasteiger partial charge in [-0.25, -0.2) is 8.78 Å². The van der Waals surface area contributed by atoms with Crippen LogP contribution in [0.15, 0.2) is 48.5 Å². The van der Waals surface area contributed by atoms with E-state index in [-0.39, 0.29) is 17.7 Å². The topological polar surface area (TPSA) is 35.5 Å². The summed E-state index contributed by atoms with van der Waals surface area (Å²) in [5.74, 6) is -0.606. The molecule has 0 aliphatic carbocycles. The van der Waals surface area contributed by atoms with E-state index < -0.39 is 6.10 Å². The van der Waals surface area contributed by atoms with Crippen molar-refractivity contribution in [3.63, 3.8) is 0 Å². The fourth-order valence-corrected chi connectivity index (χ4v) is 2.70. The molecule has 5 heteroatoms. The minimum atomic E-state index is -0.538. The van der Waals surface area contributed by atoms with Crippen LogP contribution in [-0.4, -0.2) is 43.3 Å². The summed E-state index contributed by atoms with van der Waals surface area (Å²) in [6.07, 6.45) is -0.0285. The Bertz CT molecular complexity index is 649. The van der Waals surface area contributed by atoms with Crippen molar-refractivity contribution in [2.24, 2.45) is 0 Å². The molecule has 0 saturated heterocycles. The van der Waals surface area contributed by atoms with Crippen LogP contribution < -0.4 is 5.32 Å². The van der Waals surface area contributed by atoms with E-state index in [1.54, 1.807) is 12.1 Å². The second kappa shape index (κ2) is 8.87. The van der Waals surface area contributed by atoms with Crippen LogP contribution >= 0.6 is 0 Å². The van der Waals surface area contributed by atoms with E-state index in [0.717, 1.165) is 11.1 Å². The first kappa shape index (κ1) is 18.5. The summed E-state index contributed by atoms with van der Waals surface area (Å²) in [6.45, 7) is 0.900. The number of hydrogen-bond donors (Lipinski definition) is 2. The Kier molecular flexibility index (Phi) is 6.85. The fourth-order valence-electron chi connectivity index (χ4n) is 2.70. The number of benzene rings is 2. The number of rotatable bonds is 8. The number of halogens is 2. The van der Waals surface area contributed by atoms with Gasteiger partial charge in [0, 0.05) is 19.1 Å². The molecule has 2 N–H and O–H groups in total. The highest BCUT2D eigenvalue weighted by molar-refractivity contribution is 5.25. The lowest BCUT2D eigenvalue weighted by atomic mass is 9.98. The van der Waals surface area contributed by atoms with Gasteiger partial charge in [-0.2, -0.15) is 0 Å². The zero-order valence-corrected chi connectivity index (χ0v) is 14.0. The lowest BCUT2D eigenvalue weighted by molar-refractivity contribution is 0.131. The predicted octanol–water partition coefficient (Wildman–Crippen LogP) is 2.76. The van der Waals surface area contributed by atoms with Crippen molar-refractivity contribution in [2.75, 3.05) is 27.2 Å². The van der Waals surface area contributed by atoms with Gasteiger partial charge < -0.3 is 15.3 Å². The molecule has 0 bridgehead atoms. The Balaban J connectivity index is 2.12. The first-order chi connectivity index (χ1) is 11.4. The van der Waals surface area contributed by atoms with Crippen molar-refractivity contribution in [1.29, 1.82) is 0 Å². The van der Waals surface area contributed by atoms with Crippen LogP contribution in [0.4, 0.5) is 8.78 Å². The zero-order chi connectivity index (χ0) is 17.5. The van der Waals surface area contributed by atoms with Crippen molar-refractivity contribution in [3.05, 3.63) is 71.3 Å². The Labute approximate surface area is 141 Å². The van der Waals surface area contributed by atoms with E-state index in [1.165, 1.54) is 24.3 Å². The number of aliphatic hydroxyl groups excluding tert-OH is 1. The molecule has 0 aliphatic rings. The molecule has 0 fully saturated rings. The quantitative estimate of drug-likeness (QED) is 0.779. The second-order valence-corrected chi connectivity index (χ2v) is 6.27. The van der Waals surface area contributed by atoms with Crippen molar-refractivity contribution in [1.82, 2.24) is 10.2 Å². The van der Waals surface area contributed by atoms with Gasteiger partial charge >= 0.3 is 0 Å². The van der Waals surface area contributed by atoms with Gasteiger partial charge in [-0.05, 0) is 55.9 Å². The van der Waals surface area contributed by atoms with Gasteiger partial charge in [-0.15, -0.1) is 0 Å². The van der Waals surface area contributed by atoms with E-state index in [9.17, 15) is 13.9 Å². The Morgan fingerprint density at radius 3 is 2.33 bits per heavy atom. The molecule has 0 aromatic heterocycles. The maximum Gasteiger partial charge on any atom is 0.123 e. The highest BCUT2D eigenvalue weighted by atomic mass is 19.1. The number of aliphatic hydroxyl groups is 1. The van der Waals surface area contributed by atoms with Crippen molar-refractivity contribution in [3.8, 4) is 0 Å². The van der Waals surface area contributed by atoms with Crippen molar-refractivity contribution < 1.29 is 13.9 Å². The third-order valence-corrected chi connectivity index (χ3v) is 3.76. The SMILES string of the molecule is CN(C)CC(O)CNC(Cc1cccc(F)c1)c1cccc(F)c1. The van der Waals surface area contributed by atoms with E-state index >= 15 is 0 Å². The molecule has 0 radical (unpaired) electrons. The van der Waals surface area contributed by atoms with Crippen LogP contribution in [0.3, 0.4) is 0 Å². The minimum absolute atomic E-state index is 0.209. The van der Waals surface area contributed by atoms with Crippen LogP contribution in [0.2, 0.25) is 0 Å². The molecule has 0 spiro atoms. The lowest BCUT2D eigenvalue weighted by Gasteiger charge is -2.23. The van der Waals surface area contributed by atoms with Gasteiger partial charge in [-0.3, -0.25) is 0 Å². The van der Waals surface area contributed by atoms with Crippen molar-refractivity contribution in [2.45, 2.75) is 18.6 Å². The fraction of sp³-hybridized carbons (Fsp3) is 0.368. The van der Waals surface area contributed by atoms with Gasteiger partial charge in [0.05, 0.1) is 6.10 Å². The van der Waals surface area contributed by atoms with Crippen LogP contribution in [0.1, 0.15) is 17.2 Å². The Morgan fingerprint density at radius 1 is 1.04 bits per heavy atom. The van der Waals surface area contributed by atoms with Gasteiger partial charge in [0.1, 0.15) is 11.6 Å². The molecule has 130 valence electrons. The van der Waals surface area contributed by atoms with Crippen LogP contribution in [0.5, 0.6) is 0 Å². The molecule has 0 saturated carbocycles. The number of likely N-dealkylation sites (N-methyl/N-ethyl adjacent to an activating group) is 1. The maximum absolute atomic E-state index is 13.6. The summed E-state index contributed by atoms with van der Waals surface area (Å²) < 4.78 is 27.0. The highest BCUT2D eigenvalue weighted by Crippen LogP contribution is 2.20. The number of nitrogens with zero attached hydrogens (tertiary/aromatic N) is 1. The molecule has 2 atom stereocenters. The predicted molar refractivity (Wildman–Crippen MR) is 91.8 cm³/mol. The van der Waals surface area contributed by atoms with Gasteiger partial charge in [0.25, 0.3) is 0 Å². The highest BCUT2D eigenvalue weighted by Gasteiger charge is 2.15. The van der Waals surface area contributed by atoms with Crippen LogP contribution in [-0.2, 0) is 6.42 Å². The summed E-state index contributed by atoms with van der Waals surface area (Å²) >= 11 is 0. The van der Waals surface area contributed by atoms with E-state index in [2.05, 4.69) is 5.32 Å². The zero-order valence-electron chi connectivity index (χ0n) is 14.0. The molecule has 24 heavy (non-hydrogen) atoms. The monoisotopic (exact) mass is 334 g/mol. The molecule has 2 unspecified atom stereocenters. The molecular weight excluding hydrogens is 310 g/mol. The molecule has 0 amide bonds. The molecule has 2 aromatic rings. The normalized spacial score (nSPS) is 13.9. The number of hydrogen-bond acceptors (Lipinski definition) is 3. The van der Waals surface area contributed by atoms with Crippen molar-refractivity contribution >= 4 is 0 Å². The summed E-state index contributed by atoms with van der Waals surface area (Å²) in [4.78, 5) is 1.90. The molecule has 3 nitrogen and oxygen atoms in total. The lowest BCUT2D eigenvalue weighted by Crippen LogP contribution is -2.37. The maximum atomic E-state index is 13.6. The number of nitrogens with one attached hydrogen (secondary N) is 1. The van der Waals surface area contributed by atoms with Gasteiger partial charge in [0.2, 0.25) is 0 Å². The molecule has 0 heterocycles. The molecule has 2 rings (SSSR count). The van der Waals surface area contributed by atoms with Crippen LogP contribution in [0, 0.1) is 11.6 Å². The first-order valence-electron chi connectivity index (χ1n) is 8.00. The minimum Gasteiger partial charge on any atom is -0.390 e. The Morgan fingerprint density at radius 2 is 1.71 bits per heavy atom. The average Bonchev–Trinajstić information content (AvgIpc) is 2.50. The smallest absolute Gasteiger partial charge is 0.123 e. The standard InChI is InChI=1S/C19H24F2N2O/c1-23(2)13-18(24)12-22-19(15-6-4-8-17(21)11-15)10-14-5-3-7-16(20)9-14/h3-9,11,18-19,22,24H,10,12-13H2,1-2H3. The third kappa shape index (κ3) is 6.00. The largest absolute Gasteiger partial charge is 0.390 e. The summed E-state index contributed by atoms with van der Waals surface area (Å²) in [5.41, 5.74) is 1.59. The van der Waals surface area contributed by atoms with Crippen LogP contribution in [0.25, 0.3) is 0 Å². The van der Waals surface area contributed by atoms with Gasteiger partial charge in [-0.1, -0.05) is 24.3 Å². The average molecular weight is 334 g/mol. The Hall–Kier alpha value is -1.82.